The zero-order valence-corrected chi connectivity index (χ0v) is 13.1. The molecule has 0 aliphatic carbocycles. The van der Waals surface area contributed by atoms with E-state index in [4.69, 9.17) is 0 Å². The van der Waals surface area contributed by atoms with Gasteiger partial charge in [0, 0.05) is 23.6 Å². The number of benzene rings is 2. The third-order valence-corrected chi connectivity index (χ3v) is 3.49. The molecule has 0 radical (unpaired) electrons. The first-order valence-corrected chi connectivity index (χ1v) is 7.39. The summed E-state index contributed by atoms with van der Waals surface area (Å²) >= 11 is 0. The highest BCUT2D eigenvalue weighted by Crippen LogP contribution is 2.29. The lowest BCUT2D eigenvalue weighted by atomic mass is 10.2. The Morgan fingerprint density at radius 3 is 2.00 bits per heavy atom. The number of aromatic nitrogens is 2. The van der Waals surface area contributed by atoms with Crippen molar-refractivity contribution in [3.05, 3.63) is 77.9 Å². The van der Waals surface area contributed by atoms with Crippen molar-refractivity contribution < 1.29 is 22.4 Å². The summed E-state index contributed by atoms with van der Waals surface area (Å²) in [6.07, 6.45) is -1.87. The molecule has 3 rings (SSSR count). The van der Waals surface area contributed by atoms with E-state index in [1.54, 1.807) is 0 Å². The van der Waals surface area contributed by atoms with Gasteiger partial charge in [-0.15, -0.1) is 0 Å². The topological polar surface area (TPSA) is 54.9 Å². The fraction of sp³-hybridized carbons (Fsp3) is 0.0556. The smallest absolute Gasteiger partial charge is 0.322 e. The lowest BCUT2D eigenvalue weighted by Gasteiger charge is -2.09. The maximum absolute atomic E-state index is 12.9. The van der Waals surface area contributed by atoms with Gasteiger partial charge >= 0.3 is 6.18 Å². The van der Waals surface area contributed by atoms with Crippen LogP contribution in [0.3, 0.4) is 0 Å². The van der Waals surface area contributed by atoms with Crippen molar-refractivity contribution in [2.45, 2.75) is 6.18 Å². The quantitative estimate of drug-likeness (QED) is 0.696. The van der Waals surface area contributed by atoms with Gasteiger partial charge in [-0.25, -0.2) is 14.4 Å². The van der Waals surface area contributed by atoms with Gasteiger partial charge < -0.3 is 5.32 Å². The molecule has 0 saturated carbocycles. The molecule has 1 aromatic heterocycles. The highest BCUT2D eigenvalue weighted by Gasteiger charge is 2.30. The molecule has 0 aliphatic rings. The van der Waals surface area contributed by atoms with Crippen LogP contribution in [0.1, 0.15) is 15.9 Å². The molecule has 0 aliphatic heterocycles. The summed E-state index contributed by atoms with van der Waals surface area (Å²) in [7, 11) is 0. The van der Waals surface area contributed by atoms with Crippen LogP contribution >= 0.6 is 0 Å². The molecule has 4 nitrogen and oxygen atoms in total. The Bertz CT molecular complexity index is 905. The summed E-state index contributed by atoms with van der Waals surface area (Å²) in [6, 6.07) is 9.63. The molecular weight excluding hydrogens is 350 g/mol. The number of hydrogen-bond acceptors (Lipinski definition) is 3. The molecule has 0 bridgehead atoms. The third-order valence-electron chi connectivity index (χ3n) is 3.49. The van der Waals surface area contributed by atoms with Crippen molar-refractivity contribution in [2.24, 2.45) is 0 Å². The summed E-state index contributed by atoms with van der Waals surface area (Å²) in [6.45, 7) is 0. The van der Waals surface area contributed by atoms with Gasteiger partial charge in [0.2, 0.25) is 0 Å². The van der Waals surface area contributed by atoms with Gasteiger partial charge in [0.05, 0.1) is 11.1 Å². The number of alkyl halides is 3. The number of carbonyl (C=O) groups excluding carboxylic acids is 1. The van der Waals surface area contributed by atoms with E-state index in [1.165, 1.54) is 36.7 Å². The normalized spacial score (nSPS) is 11.2. The number of halogens is 4. The van der Waals surface area contributed by atoms with Crippen LogP contribution in [0, 0.1) is 5.82 Å². The van der Waals surface area contributed by atoms with Crippen LogP contribution in [-0.2, 0) is 6.18 Å². The zero-order valence-electron chi connectivity index (χ0n) is 13.1. The number of hydrogen-bond donors (Lipinski definition) is 1. The van der Waals surface area contributed by atoms with E-state index in [9.17, 15) is 22.4 Å². The molecule has 0 atom stereocenters. The minimum absolute atomic E-state index is 0.135. The van der Waals surface area contributed by atoms with Crippen LogP contribution in [-0.4, -0.2) is 15.9 Å². The van der Waals surface area contributed by atoms with Crippen molar-refractivity contribution in [3.8, 4) is 11.4 Å². The highest BCUT2D eigenvalue weighted by atomic mass is 19.4. The van der Waals surface area contributed by atoms with E-state index in [-0.39, 0.29) is 17.1 Å². The molecule has 0 fully saturated rings. The van der Waals surface area contributed by atoms with Crippen LogP contribution in [0.25, 0.3) is 11.4 Å². The Balaban J connectivity index is 1.71. The fourth-order valence-corrected chi connectivity index (χ4v) is 2.14. The number of nitrogens with one attached hydrogen (secondary N) is 1. The van der Waals surface area contributed by atoms with Crippen molar-refractivity contribution in [2.75, 3.05) is 5.32 Å². The van der Waals surface area contributed by atoms with E-state index < -0.39 is 17.6 Å². The predicted molar refractivity (Wildman–Crippen MR) is 86.8 cm³/mol. The third kappa shape index (κ3) is 4.02. The highest BCUT2D eigenvalue weighted by molar-refractivity contribution is 6.03. The number of nitrogens with zero attached hydrogens (tertiary/aromatic N) is 2. The van der Waals surface area contributed by atoms with E-state index >= 15 is 0 Å². The van der Waals surface area contributed by atoms with Gasteiger partial charge in [-0.2, -0.15) is 13.2 Å². The van der Waals surface area contributed by atoms with Crippen LogP contribution in [0.15, 0.2) is 60.9 Å². The van der Waals surface area contributed by atoms with E-state index in [1.807, 2.05) is 0 Å². The minimum Gasteiger partial charge on any atom is -0.322 e. The first-order valence-electron chi connectivity index (χ1n) is 7.39. The molecule has 3 aromatic rings. The van der Waals surface area contributed by atoms with Crippen LogP contribution < -0.4 is 5.32 Å². The van der Waals surface area contributed by atoms with Gasteiger partial charge in [-0.3, -0.25) is 4.79 Å². The maximum atomic E-state index is 12.9. The van der Waals surface area contributed by atoms with Crippen LogP contribution in [0.5, 0.6) is 0 Å². The summed E-state index contributed by atoms with van der Waals surface area (Å²) < 4.78 is 50.5. The first kappa shape index (κ1) is 17.5. The van der Waals surface area contributed by atoms with Gasteiger partial charge in [-0.05, 0) is 48.5 Å². The van der Waals surface area contributed by atoms with Gasteiger partial charge in [0.1, 0.15) is 5.82 Å². The summed E-state index contributed by atoms with van der Waals surface area (Å²) in [4.78, 5) is 20.2. The van der Waals surface area contributed by atoms with Crippen molar-refractivity contribution in [1.82, 2.24) is 9.97 Å². The largest absolute Gasteiger partial charge is 0.416 e. The average Bonchev–Trinajstić information content (AvgIpc) is 2.62. The molecule has 26 heavy (non-hydrogen) atoms. The molecule has 8 heteroatoms. The number of amides is 1. The molecule has 2 aromatic carbocycles. The molecule has 132 valence electrons. The van der Waals surface area contributed by atoms with Crippen LogP contribution in [0.4, 0.5) is 23.2 Å². The second-order valence-corrected chi connectivity index (χ2v) is 5.33. The van der Waals surface area contributed by atoms with E-state index in [0.29, 0.717) is 11.4 Å². The summed E-state index contributed by atoms with van der Waals surface area (Å²) in [5.74, 6) is -0.632. The number of rotatable bonds is 3. The second kappa shape index (κ2) is 6.91. The molecular formula is C18H11F4N3O. The molecule has 0 saturated heterocycles. The number of anilines is 1. The minimum atomic E-state index is -4.44. The van der Waals surface area contributed by atoms with Crippen LogP contribution in [0.2, 0.25) is 0 Å². The maximum Gasteiger partial charge on any atom is 0.416 e. The Morgan fingerprint density at radius 2 is 1.46 bits per heavy atom. The lowest BCUT2D eigenvalue weighted by molar-refractivity contribution is -0.137. The lowest BCUT2D eigenvalue weighted by Crippen LogP contribution is -2.13. The molecule has 1 amide bonds. The van der Waals surface area contributed by atoms with E-state index in [0.717, 1.165) is 24.3 Å². The molecule has 1 N–H and O–H groups in total. The first-order chi connectivity index (χ1) is 12.3. The Labute approximate surface area is 145 Å². The summed E-state index contributed by atoms with van der Waals surface area (Å²) in [5.41, 5.74) is 0.130. The standard InChI is InChI=1S/C18H11F4N3O/c19-14-5-1-11(2-6-14)16-23-9-12(10-24-16)17(26)25-15-7-3-13(4-8-15)18(20,21)22/h1-10H,(H,25,26). The molecule has 1 heterocycles. The SMILES string of the molecule is O=C(Nc1ccc(C(F)(F)F)cc1)c1cnc(-c2ccc(F)cc2)nc1. The number of carbonyl (C=O) groups is 1. The Hall–Kier alpha value is -3.29. The van der Waals surface area contributed by atoms with Crippen molar-refractivity contribution in [1.29, 1.82) is 0 Å². The monoisotopic (exact) mass is 361 g/mol. The van der Waals surface area contributed by atoms with Gasteiger partial charge in [-0.1, -0.05) is 0 Å². The second-order valence-electron chi connectivity index (χ2n) is 5.33. The van der Waals surface area contributed by atoms with Crippen molar-refractivity contribution in [3.63, 3.8) is 0 Å². The average molecular weight is 361 g/mol. The molecule has 0 unspecified atom stereocenters. The Kier molecular flexibility index (Phi) is 4.66. The van der Waals surface area contributed by atoms with Gasteiger partial charge in [0.25, 0.3) is 5.91 Å². The van der Waals surface area contributed by atoms with E-state index in [2.05, 4.69) is 15.3 Å². The summed E-state index contributed by atoms with van der Waals surface area (Å²) in [5, 5.41) is 2.47. The fourth-order valence-electron chi connectivity index (χ4n) is 2.14. The van der Waals surface area contributed by atoms with Crippen molar-refractivity contribution >= 4 is 11.6 Å². The zero-order chi connectivity index (χ0) is 18.7. The Morgan fingerprint density at radius 1 is 0.885 bits per heavy atom. The predicted octanol–water partition coefficient (Wildman–Crippen LogP) is 4.55. The molecule has 0 spiro atoms. The van der Waals surface area contributed by atoms with Gasteiger partial charge in [0.15, 0.2) is 5.82 Å².